The van der Waals surface area contributed by atoms with Gasteiger partial charge in [-0.1, -0.05) is 30.3 Å². The van der Waals surface area contributed by atoms with Crippen LogP contribution < -0.4 is 5.32 Å². The van der Waals surface area contributed by atoms with Crippen molar-refractivity contribution in [2.45, 2.75) is 39.2 Å². The van der Waals surface area contributed by atoms with Crippen LogP contribution in [0.3, 0.4) is 0 Å². The van der Waals surface area contributed by atoms with Gasteiger partial charge in [-0.25, -0.2) is 4.79 Å². The lowest BCUT2D eigenvalue weighted by Crippen LogP contribution is -2.38. The van der Waals surface area contributed by atoms with E-state index in [0.29, 0.717) is 6.61 Å². The number of ether oxygens (including phenoxy) is 1. The number of likely N-dealkylation sites (tertiary alicyclic amines) is 1. The molecule has 1 fully saturated rings. The van der Waals surface area contributed by atoms with Crippen LogP contribution in [-0.4, -0.2) is 37.2 Å². The van der Waals surface area contributed by atoms with Crippen LogP contribution in [0.25, 0.3) is 0 Å². The number of piperidine rings is 1. The zero-order chi connectivity index (χ0) is 15.6. The van der Waals surface area contributed by atoms with Crippen molar-refractivity contribution >= 4 is 6.09 Å². The molecule has 1 saturated heterocycles. The summed E-state index contributed by atoms with van der Waals surface area (Å²) in [6.07, 6.45) is 4.52. The number of amides is 1. The number of rotatable bonds is 7. The molecule has 4 nitrogen and oxygen atoms in total. The third-order valence-electron chi connectivity index (χ3n) is 4.28. The molecule has 2 rings (SSSR count). The molecule has 22 heavy (non-hydrogen) atoms. The molecule has 1 aliphatic heterocycles. The predicted octanol–water partition coefficient (Wildman–Crippen LogP) is 3.42. The fourth-order valence-electron chi connectivity index (χ4n) is 2.96. The third-order valence-corrected chi connectivity index (χ3v) is 4.28. The summed E-state index contributed by atoms with van der Waals surface area (Å²) in [5.41, 5.74) is 1.34. The van der Waals surface area contributed by atoms with Crippen LogP contribution in [0.15, 0.2) is 30.3 Å². The van der Waals surface area contributed by atoms with Crippen molar-refractivity contribution in [1.82, 2.24) is 10.2 Å². The van der Waals surface area contributed by atoms with Gasteiger partial charge >= 0.3 is 6.09 Å². The monoisotopic (exact) mass is 304 g/mol. The first-order chi connectivity index (χ1) is 10.8. The molecule has 122 valence electrons. The van der Waals surface area contributed by atoms with Gasteiger partial charge in [0.15, 0.2) is 0 Å². The summed E-state index contributed by atoms with van der Waals surface area (Å²) in [5.74, 6) is 0.754. The average molecular weight is 304 g/mol. The highest BCUT2D eigenvalue weighted by molar-refractivity contribution is 5.67. The highest BCUT2D eigenvalue weighted by atomic mass is 16.6. The van der Waals surface area contributed by atoms with Crippen molar-refractivity contribution in [3.05, 3.63) is 35.9 Å². The van der Waals surface area contributed by atoms with E-state index in [-0.39, 0.29) is 6.09 Å². The van der Waals surface area contributed by atoms with E-state index in [1.54, 1.807) is 0 Å². The van der Waals surface area contributed by atoms with Crippen molar-refractivity contribution in [2.75, 3.05) is 26.2 Å². The Labute approximate surface area is 133 Å². The second-order valence-corrected chi connectivity index (χ2v) is 5.93. The van der Waals surface area contributed by atoms with Crippen LogP contribution >= 0.6 is 0 Å². The van der Waals surface area contributed by atoms with Crippen molar-refractivity contribution < 1.29 is 9.53 Å². The number of hydrogen-bond donors (Lipinski definition) is 1. The standard InChI is InChI=1S/C18H28N2O2/c1-2-22-18(21)20-13-10-16(11-14-20)9-6-12-19-15-17-7-4-3-5-8-17/h3-5,7-8,16,19H,2,6,9-15H2,1H3. The molecule has 4 heteroatoms. The summed E-state index contributed by atoms with van der Waals surface area (Å²) < 4.78 is 5.05. The third kappa shape index (κ3) is 5.68. The summed E-state index contributed by atoms with van der Waals surface area (Å²) in [6.45, 7) is 6.02. The smallest absolute Gasteiger partial charge is 0.409 e. The number of carbonyl (C=O) groups is 1. The lowest BCUT2D eigenvalue weighted by molar-refractivity contribution is 0.0907. The van der Waals surface area contributed by atoms with Crippen LogP contribution in [0.2, 0.25) is 0 Å². The number of benzene rings is 1. The Bertz CT molecular complexity index is 428. The van der Waals surface area contributed by atoms with Crippen molar-refractivity contribution in [3.8, 4) is 0 Å². The first kappa shape index (κ1) is 16.8. The minimum Gasteiger partial charge on any atom is -0.450 e. The van der Waals surface area contributed by atoms with Gasteiger partial charge in [0.25, 0.3) is 0 Å². The molecular weight excluding hydrogens is 276 g/mol. The van der Waals surface area contributed by atoms with E-state index in [1.807, 2.05) is 17.9 Å². The largest absolute Gasteiger partial charge is 0.450 e. The maximum absolute atomic E-state index is 11.6. The Balaban J connectivity index is 1.53. The molecule has 1 heterocycles. The van der Waals surface area contributed by atoms with Crippen LogP contribution in [0.5, 0.6) is 0 Å². The van der Waals surface area contributed by atoms with E-state index >= 15 is 0 Å². The van der Waals surface area contributed by atoms with Crippen molar-refractivity contribution in [1.29, 1.82) is 0 Å². The maximum atomic E-state index is 11.6. The average Bonchev–Trinajstić information content (AvgIpc) is 2.56. The topological polar surface area (TPSA) is 41.6 Å². The van der Waals surface area contributed by atoms with E-state index in [0.717, 1.165) is 44.9 Å². The molecule has 0 bridgehead atoms. The molecule has 0 spiro atoms. The van der Waals surface area contributed by atoms with Gasteiger partial charge in [0.05, 0.1) is 6.61 Å². The van der Waals surface area contributed by atoms with Crippen LogP contribution in [0.1, 0.15) is 38.2 Å². The van der Waals surface area contributed by atoms with Gasteiger partial charge in [-0.15, -0.1) is 0 Å². The number of nitrogens with zero attached hydrogens (tertiary/aromatic N) is 1. The Morgan fingerprint density at radius 3 is 2.68 bits per heavy atom. The van der Waals surface area contributed by atoms with E-state index < -0.39 is 0 Å². The molecule has 0 atom stereocenters. The Morgan fingerprint density at radius 2 is 2.00 bits per heavy atom. The van der Waals surface area contributed by atoms with Gasteiger partial charge in [-0.3, -0.25) is 0 Å². The number of carbonyl (C=O) groups excluding carboxylic acids is 1. The van der Waals surface area contributed by atoms with Crippen LogP contribution in [0, 0.1) is 5.92 Å². The van der Waals surface area contributed by atoms with E-state index in [2.05, 4.69) is 29.6 Å². The molecule has 1 aromatic rings. The van der Waals surface area contributed by atoms with Crippen molar-refractivity contribution in [3.63, 3.8) is 0 Å². The molecule has 0 saturated carbocycles. The highest BCUT2D eigenvalue weighted by Crippen LogP contribution is 2.22. The molecule has 1 aliphatic rings. The summed E-state index contributed by atoms with van der Waals surface area (Å²) in [5, 5.41) is 3.50. The number of hydrogen-bond acceptors (Lipinski definition) is 3. The maximum Gasteiger partial charge on any atom is 0.409 e. The molecule has 0 radical (unpaired) electrons. The Morgan fingerprint density at radius 1 is 1.27 bits per heavy atom. The Kier molecular flexibility index (Phi) is 7.23. The molecular formula is C18H28N2O2. The lowest BCUT2D eigenvalue weighted by Gasteiger charge is -2.31. The zero-order valence-electron chi connectivity index (χ0n) is 13.6. The lowest BCUT2D eigenvalue weighted by atomic mass is 9.92. The predicted molar refractivity (Wildman–Crippen MR) is 88.7 cm³/mol. The van der Waals surface area contributed by atoms with E-state index in [4.69, 9.17) is 4.74 Å². The minimum atomic E-state index is -0.148. The fourth-order valence-corrected chi connectivity index (χ4v) is 2.96. The molecule has 0 unspecified atom stereocenters. The van der Waals surface area contributed by atoms with Gasteiger partial charge < -0.3 is 15.0 Å². The SMILES string of the molecule is CCOC(=O)N1CCC(CCCNCc2ccccc2)CC1. The highest BCUT2D eigenvalue weighted by Gasteiger charge is 2.22. The van der Waals surface area contributed by atoms with E-state index in [1.165, 1.54) is 18.4 Å². The second kappa shape index (κ2) is 9.46. The zero-order valence-corrected chi connectivity index (χ0v) is 13.6. The summed E-state index contributed by atoms with van der Waals surface area (Å²) >= 11 is 0. The first-order valence-corrected chi connectivity index (χ1v) is 8.46. The first-order valence-electron chi connectivity index (χ1n) is 8.46. The van der Waals surface area contributed by atoms with Gasteiger partial charge in [-0.2, -0.15) is 0 Å². The summed E-state index contributed by atoms with van der Waals surface area (Å²) in [7, 11) is 0. The van der Waals surface area contributed by atoms with Crippen LogP contribution in [-0.2, 0) is 11.3 Å². The molecule has 1 N–H and O–H groups in total. The molecule has 0 aromatic heterocycles. The van der Waals surface area contributed by atoms with Gasteiger partial charge in [0.2, 0.25) is 0 Å². The summed E-state index contributed by atoms with van der Waals surface area (Å²) in [4.78, 5) is 13.5. The Hall–Kier alpha value is -1.55. The van der Waals surface area contributed by atoms with Crippen LogP contribution in [0.4, 0.5) is 4.79 Å². The quantitative estimate of drug-likeness (QED) is 0.785. The minimum absolute atomic E-state index is 0.148. The van der Waals surface area contributed by atoms with Gasteiger partial charge in [0.1, 0.15) is 0 Å². The van der Waals surface area contributed by atoms with Gasteiger partial charge in [0, 0.05) is 19.6 Å². The number of nitrogens with one attached hydrogen (secondary N) is 1. The normalized spacial score (nSPS) is 15.8. The van der Waals surface area contributed by atoms with Gasteiger partial charge in [-0.05, 0) is 50.6 Å². The van der Waals surface area contributed by atoms with E-state index in [9.17, 15) is 4.79 Å². The molecule has 1 aromatic carbocycles. The summed E-state index contributed by atoms with van der Waals surface area (Å²) in [6, 6.07) is 10.5. The molecule has 0 aliphatic carbocycles. The second-order valence-electron chi connectivity index (χ2n) is 5.93. The fraction of sp³-hybridized carbons (Fsp3) is 0.611. The van der Waals surface area contributed by atoms with Crippen molar-refractivity contribution in [2.24, 2.45) is 5.92 Å². The molecule has 1 amide bonds.